The molecule has 4 nitrogen and oxygen atoms in total. The van der Waals surface area contributed by atoms with E-state index >= 15 is 0 Å². The molecule has 2 heterocycles. The molecular weight excluding hydrogens is 190 g/mol. The fourth-order valence-corrected chi connectivity index (χ4v) is 2.15. The van der Waals surface area contributed by atoms with Crippen LogP contribution in [0.5, 0.6) is 0 Å². The highest BCUT2D eigenvalue weighted by molar-refractivity contribution is 5.73. The summed E-state index contributed by atoms with van der Waals surface area (Å²) in [4.78, 5) is 17.7. The highest BCUT2D eigenvalue weighted by Gasteiger charge is 2.22. The number of nitrogens with zero attached hydrogens (tertiary/aromatic N) is 3. The lowest BCUT2D eigenvalue weighted by atomic mass is 10.2. The Labute approximate surface area is 89.9 Å². The van der Waals surface area contributed by atoms with Gasteiger partial charge in [0.15, 0.2) is 0 Å². The molecule has 0 unspecified atom stereocenters. The Morgan fingerprint density at radius 1 is 1.47 bits per heavy atom. The lowest BCUT2D eigenvalue weighted by Crippen LogP contribution is -2.37. The van der Waals surface area contributed by atoms with Crippen LogP contribution in [0.15, 0.2) is 0 Å². The van der Waals surface area contributed by atoms with Crippen molar-refractivity contribution in [3.05, 3.63) is 17.2 Å². The number of carbonyl (C=O) groups is 1. The topological polar surface area (TPSA) is 38.1 Å². The predicted molar refractivity (Wildman–Crippen MR) is 57.4 cm³/mol. The predicted octanol–water partition coefficient (Wildman–Crippen LogP) is 1.12. The fourth-order valence-electron chi connectivity index (χ4n) is 2.15. The zero-order chi connectivity index (χ0) is 11.0. The molecule has 0 N–H and O–H groups in total. The first kappa shape index (κ1) is 10.2. The Balaban J connectivity index is 2.33. The number of hydrogen-bond acceptors (Lipinski definition) is 2. The Kier molecular flexibility index (Phi) is 2.50. The lowest BCUT2D eigenvalue weighted by Gasteiger charge is -2.28. The average Bonchev–Trinajstić information content (AvgIpc) is 2.55. The molecule has 0 radical (unpaired) electrons. The van der Waals surface area contributed by atoms with Gasteiger partial charge in [0.25, 0.3) is 0 Å². The second-order valence-corrected chi connectivity index (χ2v) is 4.01. The number of hydrogen-bond donors (Lipinski definition) is 0. The second kappa shape index (κ2) is 3.68. The molecule has 0 bridgehead atoms. The van der Waals surface area contributed by atoms with E-state index in [1.807, 2.05) is 11.8 Å². The smallest absolute Gasteiger partial charge is 0.219 e. The van der Waals surface area contributed by atoms with E-state index in [9.17, 15) is 4.79 Å². The molecule has 1 aliphatic rings. The molecule has 1 amide bonds. The molecule has 1 aromatic heterocycles. The number of fused-ring (bicyclic) bond motifs is 1. The molecule has 0 saturated heterocycles. The largest absolute Gasteiger partial charge is 0.335 e. The van der Waals surface area contributed by atoms with E-state index in [4.69, 9.17) is 0 Å². The summed E-state index contributed by atoms with van der Waals surface area (Å²) in [6, 6.07) is 0. The monoisotopic (exact) mass is 207 g/mol. The minimum Gasteiger partial charge on any atom is -0.335 e. The van der Waals surface area contributed by atoms with Crippen LogP contribution in [0.2, 0.25) is 0 Å². The minimum absolute atomic E-state index is 0.153. The van der Waals surface area contributed by atoms with Gasteiger partial charge in [0.05, 0.1) is 17.9 Å². The number of aryl methyl sites for hydroxylation is 2. The van der Waals surface area contributed by atoms with Crippen LogP contribution < -0.4 is 0 Å². The summed E-state index contributed by atoms with van der Waals surface area (Å²) in [5, 5.41) is 0. The van der Waals surface area contributed by atoms with Crippen LogP contribution in [0.1, 0.15) is 31.1 Å². The molecule has 0 aromatic carbocycles. The van der Waals surface area contributed by atoms with Crippen molar-refractivity contribution < 1.29 is 4.79 Å². The Hall–Kier alpha value is -1.32. The van der Waals surface area contributed by atoms with Gasteiger partial charge in [0, 0.05) is 26.4 Å². The van der Waals surface area contributed by atoms with Crippen molar-refractivity contribution in [2.75, 3.05) is 6.54 Å². The van der Waals surface area contributed by atoms with Crippen molar-refractivity contribution >= 4 is 5.91 Å². The normalized spacial score (nSPS) is 15.3. The minimum atomic E-state index is 0.153. The third-order valence-electron chi connectivity index (χ3n) is 3.05. The van der Waals surface area contributed by atoms with E-state index in [2.05, 4.69) is 16.5 Å². The Morgan fingerprint density at radius 3 is 2.80 bits per heavy atom. The molecule has 4 heteroatoms. The Bertz CT molecular complexity index is 395. The average molecular weight is 207 g/mol. The van der Waals surface area contributed by atoms with Crippen molar-refractivity contribution in [3.63, 3.8) is 0 Å². The van der Waals surface area contributed by atoms with Crippen LogP contribution in [0, 0.1) is 6.92 Å². The van der Waals surface area contributed by atoms with Gasteiger partial charge in [-0.25, -0.2) is 4.98 Å². The zero-order valence-corrected chi connectivity index (χ0v) is 9.58. The number of carbonyl (C=O) groups excluding carboxylic acids is 1. The van der Waals surface area contributed by atoms with Crippen LogP contribution in [0.3, 0.4) is 0 Å². The highest BCUT2D eigenvalue weighted by atomic mass is 16.2. The third-order valence-corrected chi connectivity index (χ3v) is 3.05. The summed E-state index contributed by atoms with van der Waals surface area (Å²) in [6.45, 7) is 8.18. The van der Waals surface area contributed by atoms with Crippen LogP contribution >= 0.6 is 0 Å². The van der Waals surface area contributed by atoms with Crippen LogP contribution in [0.25, 0.3) is 0 Å². The van der Waals surface area contributed by atoms with Crippen molar-refractivity contribution in [1.82, 2.24) is 14.5 Å². The fraction of sp³-hybridized carbons (Fsp3) is 0.636. The van der Waals surface area contributed by atoms with E-state index in [0.29, 0.717) is 6.54 Å². The van der Waals surface area contributed by atoms with Gasteiger partial charge >= 0.3 is 0 Å². The quantitative estimate of drug-likeness (QED) is 0.692. The van der Waals surface area contributed by atoms with Crippen molar-refractivity contribution in [1.29, 1.82) is 0 Å². The molecule has 0 saturated carbocycles. The van der Waals surface area contributed by atoms with Gasteiger partial charge < -0.3 is 9.47 Å². The molecule has 82 valence electrons. The van der Waals surface area contributed by atoms with Gasteiger partial charge in [-0.05, 0) is 6.92 Å². The number of aromatic nitrogens is 2. The van der Waals surface area contributed by atoms with Crippen LogP contribution in [-0.4, -0.2) is 26.9 Å². The van der Waals surface area contributed by atoms with E-state index < -0.39 is 0 Å². The molecule has 0 fully saturated rings. The van der Waals surface area contributed by atoms with E-state index in [1.165, 1.54) is 5.69 Å². The van der Waals surface area contributed by atoms with E-state index in [1.54, 1.807) is 6.92 Å². The van der Waals surface area contributed by atoms with E-state index in [0.717, 1.165) is 31.0 Å². The summed E-state index contributed by atoms with van der Waals surface area (Å²) in [7, 11) is 0. The molecule has 0 atom stereocenters. The maximum atomic E-state index is 11.3. The molecule has 0 spiro atoms. The first-order chi connectivity index (χ1) is 7.13. The lowest BCUT2D eigenvalue weighted by molar-refractivity contribution is -0.130. The molecule has 2 rings (SSSR count). The maximum Gasteiger partial charge on any atom is 0.219 e. The number of amides is 1. The standard InChI is InChI=1S/C11H17N3O/c1-4-11-12-8(2)10-7-13(9(3)15)5-6-14(10)11/h4-7H2,1-3H3. The van der Waals surface area contributed by atoms with Crippen LogP contribution in [0.4, 0.5) is 0 Å². The van der Waals surface area contributed by atoms with Crippen molar-refractivity contribution in [2.24, 2.45) is 0 Å². The number of imidazole rings is 1. The van der Waals surface area contributed by atoms with Gasteiger partial charge in [0.1, 0.15) is 5.82 Å². The summed E-state index contributed by atoms with van der Waals surface area (Å²) < 4.78 is 2.26. The maximum absolute atomic E-state index is 11.3. The summed E-state index contributed by atoms with van der Waals surface area (Å²) in [5.41, 5.74) is 2.27. The van der Waals surface area contributed by atoms with Gasteiger partial charge in [-0.15, -0.1) is 0 Å². The molecule has 1 aliphatic heterocycles. The van der Waals surface area contributed by atoms with Gasteiger partial charge in [-0.3, -0.25) is 4.79 Å². The summed E-state index contributed by atoms with van der Waals surface area (Å²) >= 11 is 0. The van der Waals surface area contributed by atoms with E-state index in [-0.39, 0.29) is 5.91 Å². The molecule has 1 aromatic rings. The number of rotatable bonds is 1. The first-order valence-corrected chi connectivity index (χ1v) is 5.44. The summed E-state index contributed by atoms with van der Waals surface area (Å²) in [6.07, 6.45) is 0.959. The summed E-state index contributed by atoms with van der Waals surface area (Å²) in [5.74, 6) is 1.30. The van der Waals surface area contributed by atoms with Crippen molar-refractivity contribution in [2.45, 2.75) is 40.3 Å². The van der Waals surface area contributed by atoms with Gasteiger partial charge in [-0.2, -0.15) is 0 Å². The first-order valence-electron chi connectivity index (χ1n) is 5.44. The zero-order valence-electron chi connectivity index (χ0n) is 9.58. The van der Waals surface area contributed by atoms with Crippen molar-refractivity contribution in [3.8, 4) is 0 Å². The molecule has 0 aliphatic carbocycles. The third kappa shape index (κ3) is 1.64. The highest BCUT2D eigenvalue weighted by Crippen LogP contribution is 2.18. The molecular formula is C11H17N3O. The molecule has 15 heavy (non-hydrogen) atoms. The Morgan fingerprint density at radius 2 is 2.20 bits per heavy atom. The van der Waals surface area contributed by atoms with Crippen LogP contribution in [-0.2, 0) is 24.3 Å². The SMILES string of the molecule is CCc1nc(C)c2n1CCN(C(C)=O)C2. The second-order valence-electron chi connectivity index (χ2n) is 4.01. The van der Waals surface area contributed by atoms with Gasteiger partial charge in [-0.1, -0.05) is 6.92 Å². The van der Waals surface area contributed by atoms with Gasteiger partial charge in [0.2, 0.25) is 5.91 Å².